The molecule has 0 fully saturated rings. The quantitative estimate of drug-likeness (QED) is 0.733. The van der Waals surface area contributed by atoms with Gasteiger partial charge in [-0.1, -0.05) is 23.7 Å². The number of ether oxygens (including phenoxy) is 1. The summed E-state index contributed by atoms with van der Waals surface area (Å²) in [5.41, 5.74) is 2.56. The first kappa shape index (κ1) is 15.9. The zero-order chi connectivity index (χ0) is 17.1. The average molecular weight is 344 g/mol. The fourth-order valence-corrected chi connectivity index (χ4v) is 2.33. The molecular formula is C16H14ClN5O2. The maximum Gasteiger partial charge on any atom is 0.337 e. The van der Waals surface area contributed by atoms with Gasteiger partial charge in [0.1, 0.15) is 0 Å². The Balaban J connectivity index is 1.89. The van der Waals surface area contributed by atoms with E-state index in [-0.39, 0.29) is 0 Å². The first-order valence-electron chi connectivity index (χ1n) is 7.04. The van der Waals surface area contributed by atoms with Crippen molar-refractivity contribution in [2.45, 2.75) is 0 Å². The van der Waals surface area contributed by atoms with Crippen molar-refractivity contribution in [2.75, 3.05) is 12.4 Å². The van der Waals surface area contributed by atoms with E-state index in [0.29, 0.717) is 22.2 Å². The molecule has 2 aromatic heterocycles. The highest BCUT2D eigenvalue weighted by atomic mass is 35.5. The van der Waals surface area contributed by atoms with Gasteiger partial charge in [-0.2, -0.15) is 5.10 Å². The van der Waals surface area contributed by atoms with Crippen molar-refractivity contribution in [1.82, 2.24) is 19.7 Å². The predicted molar refractivity (Wildman–Crippen MR) is 90.3 cm³/mol. The normalized spacial score (nSPS) is 10.5. The number of methoxy groups -OCH3 is 1. The number of nitrogens with zero attached hydrogens (tertiary/aromatic N) is 4. The Morgan fingerprint density at radius 2 is 2.00 bits per heavy atom. The van der Waals surface area contributed by atoms with Crippen LogP contribution in [0.4, 0.5) is 11.6 Å². The summed E-state index contributed by atoms with van der Waals surface area (Å²) in [5.74, 6) is 0.00807. The molecule has 1 aromatic carbocycles. The van der Waals surface area contributed by atoms with Gasteiger partial charge in [-0.25, -0.2) is 14.8 Å². The fourth-order valence-electron chi connectivity index (χ4n) is 2.13. The summed E-state index contributed by atoms with van der Waals surface area (Å²) in [6.07, 6.45) is 5.00. The van der Waals surface area contributed by atoms with Crippen LogP contribution >= 0.6 is 11.6 Å². The molecule has 122 valence electrons. The number of nitrogens with one attached hydrogen (secondary N) is 1. The number of halogens is 1. The first-order chi connectivity index (χ1) is 11.6. The zero-order valence-corrected chi connectivity index (χ0v) is 13.8. The van der Waals surface area contributed by atoms with Gasteiger partial charge < -0.3 is 10.1 Å². The highest BCUT2D eigenvalue weighted by molar-refractivity contribution is 6.32. The maximum absolute atomic E-state index is 11.5. The van der Waals surface area contributed by atoms with Gasteiger partial charge in [0, 0.05) is 18.8 Å². The molecule has 3 rings (SSSR count). The summed E-state index contributed by atoms with van der Waals surface area (Å²) in [6, 6.07) is 6.84. The molecule has 0 aliphatic heterocycles. The molecule has 0 bridgehead atoms. The summed E-state index contributed by atoms with van der Waals surface area (Å²) >= 11 is 6.21. The van der Waals surface area contributed by atoms with E-state index < -0.39 is 5.97 Å². The summed E-state index contributed by atoms with van der Waals surface area (Å²) in [5, 5.41) is 7.55. The lowest BCUT2D eigenvalue weighted by Crippen LogP contribution is -2.01. The third kappa shape index (κ3) is 3.36. The number of esters is 1. The molecule has 0 aliphatic rings. The summed E-state index contributed by atoms with van der Waals surface area (Å²) in [6.45, 7) is 0. The van der Waals surface area contributed by atoms with E-state index in [1.807, 2.05) is 13.2 Å². The molecule has 3 aromatic rings. The molecule has 0 atom stereocenters. The zero-order valence-electron chi connectivity index (χ0n) is 13.0. The predicted octanol–water partition coefficient (Wildman–Crippen LogP) is 3.06. The third-order valence-electron chi connectivity index (χ3n) is 3.28. The van der Waals surface area contributed by atoms with Crippen LogP contribution in [0.15, 0.2) is 42.9 Å². The van der Waals surface area contributed by atoms with Crippen LogP contribution in [0.2, 0.25) is 5.02 Å². The van der Waals surface area contributed by atoms with Crippen LogP contribution in [-0.4, -0.2) is 32.8 Å². The van der Waals surface area contributed by atoms with Crippen LogP contribution in [-0.2, 0) is 11.8 Å². The minimum atomic E-state index is -0.394. The lowest BCUT2D eigenvalue weighted by molar-refractivity contribution is 0.0601. The van der Waals surface area contributed by atoms with E-state index in [0.717, 1.165) is 11.3 Å². The summed E-state index contributed by atoms with van der Waals surface area (Å²) in [7, 11) is 3.16. The van der Waals surface area contributed by atoms with Crippen molar-refractivity contribution < 1.29 is 9.53 Å². The molecule has 0 saturated heterocycles. The molecule has 7 nitrogen and oxygen atoms in total. The molecule has 0 saturated carbocycles. The standard InChI is InChI=1S/C16H14ClN5O2/c1-22-9-12(7-19-22)20-16-18-8-13(17)14(21-16)10-3-5-11(6-4-10)15(23)24-2/h3-9H,1-2H3,(H,18,20,21). The Morgan fingerprint density at radius 3 is 2.62 bits per heavy atom. The van der Waals surface area contributed by atoms with Crippen molar-refractivity contribution in [2.24, 2.45) is 7.05 Å². The largest absolute Gasteiger partial charge is 0.465 e. The van der Waals surface area contributed by atoms with Gasteiger partial charge in [0.25, 0.3) is 0 Å². The van der Waals surface area contributed by atoms with Gasteiger partial charge in [-0.3, -0.25) is 4.68 Å². The summed E-state index contributed by atoms with van der Waals surface area (Å²) < 4.78 is 6.36. The topological polar surface area (TPSA) is 81.9 Å². The minimum absolute atomic E-state index is 0.394. The van der Waals surface area contributed by atoms with E-state index in [2.05, 4.69) is 25.1 Å². The monoisotopic (exact) mass is 343 g/mol. The number of hydrogen-bond donors (Lipinski definition) is 1. The Hall–Kier alpha value is -2.93. The number of anilines is 2. The molecule has 24 heavy (non-hydrogen) atoms. The van der Waals surface area contributed by atoms with Gasteiger partial charge in [-0.05, 0) is 12.1 Å². The van der Waals surface area contributed by atoms with Gasteiger partial charge >= 0.3 is 5.97 Å². The van der Waals surface area contributed by atoms with Crippen molar-refractivity contribution in [3.05, 3.63) is 53.4 Å². The molecule has 8 heteroatoms. The van der Waals surface area contributed by atoms with Gasteiger partial charge in [0.15, 0.2) is 0 Å². The van der Waals surface area contributed by atoms with E-state index in [4.69, 9.17) is 11.6 Å². The average Bonchev–Trinajstić information content (AvgIpc) is 3.01. The molecule has 0 unspecified atom stereocenters. The number of aryl methyl sites for hydroxylation is 1. The Morgan fingerprint density at radius 1 is 1.25 bits per heavy atom. The highest BCUT2D eigenvalue weighted by Crippen LogP contribution is 2.27. The van der Waals surface area contributed by atoms with Crippen LogP contribution < -0.4 is 5.32 Å². The van der Waals surface area contributed by atoms with Crippen LogP contribution in [0.1, 0.15) is 10.4 Å². The van der Waals surface area contributed by atoms with Crippen LogP contribution in [0.25, 0.3) is 11.3 Å². The summed E-state index contributed by atoms with van der Waals surface area (Å²) in [4.78, 5) is 20.1. The molecular weight excluding hydrogens is 330 g/mol. The molecule has 2 heterocycles. The number of aromatic nitrogens is 4. The lowest BCUT2D eigenvalue weighted by Gasteiger charge is -2.07. The van der Waals surface area contributed by atoms with Crippen molar-refractivity contribution >= 4 is 29.2 Å². The van der Waals surface area contributed by atoms with Crippen molar-refractivity contribution in [1.29, 1.82) is 0 Å². The Kier molecular flexibility index (Phi) is 4.43. The second-order valence-corrected chi connectivity index (χ2v) is 5.39. The lowest BCUT2D eigenvalue weighted by atomic mass is 10.1. The minimum Gasteiger partial charge on any atom is -0.465 e. The van der Waals surface area contributed by atoms with Crippen molar-refractivity contribution in [3.63, 3.8) is 0 Å². The van der Waals surface area contributed by atoms with Crippen molar-refractivity contribution in [3.8, 4) is 11.3 Å². The van der Waals surface area contributed by atoms with E-state index in [1.54, 1.807) is 35.1 Å². The molecule has 1 N–H and O–H groups in total. The molecule has 0 radical (unpaired) electrons. The molecule has 0 aliphatic carbocycles. The fraction of sp³-hybridized carbons (Fsp3) is 0.125. The SMILES string of the molecule is COC(=O)c1ccc(-c2nc(Nc3cnn(C)c3)ncc2Cl)cc1. The second kappa shape index (κ2) is 6.67. The van der Waals surface area contributed by atoms with Crippen LogP contribution in [0, 0.1) is 0 Å². The molecule has 0 spiro atoms. The molecule has 0 amide bonds. The number of rotatable bonds is 4. The number of carbonyl (C=O) groups is 1. The number of carbonyl (C=O) groups excluding carboxylic acids is 1. The maximum atomic E-state index is 11.5. The van der Waals surface area contributed by atoms with E-state index in [9.17, 15) is 4.79 Å². The smallest absolute Gasteiger partial charge is 0.337 e. The number of hydrogen-bond acceptors (Lipinski definition) is 6. The van der Waals surface area contributed by atoms with Crippen LogP contribution in [0.3, 0.4) is 0 Å². The highest BCUT2D eigenvalue weighted by Gasteiger charge is 2.11. The van der Waals surface area contributed by atoms with E-state index in [1.165, 1.54) is 13.3 Å². The van der Waals surface area contributed by atoms with Crippen LogP contribution in [0.5, 0.6) is 0 Å². The number of benzene rings is 1. The van der Waals surface area contributed by atoms with E-state index >= 15 is 0 Å². The van der Waals surface area contributed by atoms with Gasteiger partial charge in [0.2, 0.25) is 5.95 Å². The first-order valence-corrected chi connectivity index (χ1v) is 7.41. The Labute approximate surface area is 143 Å². The van der Waals surface area contributed by atoms with Gasteiger partial charge in [0.05, 0.1) is 41.5 Å². The van der Waals surface area contributed by atoms with Gasteiger partial charge in [-0.15, -0.1) is 0 Å². The Bertz CT molecular complexity index is 876. The second-order valence-electron chi connectivity index (χ2n) is 4.99. The third-order valence-corrected chi connectivity index (χ3v) is 3.56.